The van der Waals surface area contributed by atoms with E-state index in [1.165, 1.54) is 23.6 Å². The van der Waals surface area contributed by atoms with Gasteiger partial charge in [-0.25, -0.2) is 8.78 Å². The highest BCUT2D eigenvalue weighted by Gasteiger charge is 2.30. The number of hydrogen-bond acceptors (Lipinski definition) is 4. The molecule has 20 heavy (non-hydrogen) atoms. The lowest BCUT2D eigenvalue weighted by Crippen LogP contribution is -2.14. The first-order valence-electron chi connectivity index (χ1n) is 6.01. The van der Waals surface area contributed by atoms with Gasteiger partial charge in [0.15, 0.2) is 0 Å². The van der Waals surface area contributed by atoms with Crippen LogP contribution in [0.2, 0.25) is 0 Å². The highest BCUT2D eigenvalue weighted by molar-refractivity contribution is 7.09. The molecule has 1 aromatic carbocycles. The molecule has 0 aliphatic heterocycles. The van der Waals surface area contributed by atoms with Crippen LogP contribution in [0.25, 0.3) is 0 Å². The number of nitriles is 1. The minimum absolute atomic E-state index is 0.105. The summed E-state index contributed by atoms with van der Waals surface area (Å²) in [7, 11) is 0. The Morgan fingerprint density at radius 3 is 2.55 bits per heavy atom. The fourth-order valence-electron chi connectivity index (χ4n) is 2.21. The summed E-state index contributed by atoms with van der Waals surface area (Å²) in [6.07, 6.45) is 1.62. The molecule has 0 fully saturated rings. The Morgan fingerprint density at radius 2 is 2.05 bits per heavy atom. The molecule has 0 amide bonds. The number of hydrogen-bond donors (Lipinski definition) is 1. The predicted octanol–water partition coefficient (Wildman–Crippen LogP) is 3.19. The number of nitrogens with zero attached hydrogens (tertiary/aromatic N) is 2. The summed E-state index contributed by atoms with van der Waals surface area (Å²) in [6.45, 7) is -0.255. The third-order valence-corrected chi connectivity index (χ3v) is 3.97. The number of benzene rings is 1. The minimum Gasteiger partial charge on any atom is -0.396 e. The smallest absolute Gasteiger partial charge is 0.129 e. The second-order valence-electron chi connectivity index (χ2n) is 4.26. The van der Waals surface area contributed by atoms with Gasteiger partial charge in [0.1, 0.15) is 11.6 Å². The molecule has 0 aliphatic carbocycles. The second kappa shape index (κ2) is 6.55. The van der Waals surface area contributed by atoms with Crippen molar-refractivity contribution in [3.8, 4) is 6.07 Å². The van der Waals surface area contributed by atoms with E-state index in [4.69, 9.17) is 5.11 Å². The standard InChI is InChI=1S/C14H12F2N2OS/c15-11-2-1-3-12(16)14(11)9(4-5-19)10(6-17)13-7-18-8-20-13/h1-3,7-10,19H,4-5H2/t9-,10-/m0/s1. The topological polar surface area (TPSA) is 56.9 Å². The average Bonchev–Trinajstić information content (AvgIpc) is 2.93. The normalized spacial score (nSPS) is 13.7. The summed E-state index contributed by atoms with van der Waals surface area (Å²) in [5, 5.41) is 18.5. The Bertz CT molecular complexity index is 590. The van der Waals surface area contributed by atoms with Crippen molar-refractivity contribution >= 4 is 11.3 Å². The molecule has 1 aromatic heterocycles. The third kappa shape index (κ3) is 2.84. The summed E-state index contributed by atoms with van der Waals surface area (Å²) < 4.78 is 27.8. The lowest BCUT2D eigenvalue weighted by Gasteiger charge is -2.21. The van der Waals surface area contributed by atoms with Gasteiger partial charge in [-0.2, -0.15) is 5.26 Å². The number of rotatable bonds is 5. The summed E-state index contributed by atoms with van der Waals surface area (Å²) in [5.74, 6) is -2.88. The molecule has 0 saturated heterocycles. The largest absolute Gasteiger partial charge is 0.396 e. The van der Waals surface area contributed by atoms with Crippen LogP contribution in [0.5, 0.6) is 0 Å². The van der Waals surface area contributed by atoms with Crippen LogP contribution in [-0.2, 0) is 0 Å². The van der Waals surface area contributed by atoms with E-state index in [0.717, 1.165) is 12.1 Å². The second-order valence-corrected chi connectivity index (χ2v) is 5.18. The lowest BCUT2D eigenvalue weighted by atomic mass is 9.83. The van der Waals surface area contributed by atoms with Crippen LogP contribution in [0.3, 0.4) is 0 Å². The van der Waals surface area contributed by atoms with E-state index >= 15 is 0 Å². The Morgan fingerprint density at radius 1 is 1.35 bits per heavy atom. The van der Waals surface area contributed by atoms with Crippen LogP contribution in [0, 0.1) is 23.0 Å². The van der Waals surface area contributed by atoms with Crippen molar-refractivity contribution in [2.45, 2.75) is 18.3 Å². The van der Waals surface area contributed by atoms with Gasteiger partial charge in [-0.15, -0.1) is 11.3 Å². The molecule has 1 heterocycles. The van der Waals surface area contributed by atoms with Crippen molar-refractivity contribution in [2.75, 3.05) is 6.61 Å². The molecule has 0 radical (unpaired) electrons. The van der Waals surface area contributed by atoms with E-state index in [1.807, 2.05) is 0 Å². The maximum atomic E-state index is 13.9. The molecule has 2 aromatic rings. The molecule has 0 aliphatic rings. The molecular weight excluding hydrogens is 282 g/mol. The van der Waals surface area contributed by atoms with Gasteiger partial charge in [-0.1, -0.05) is 6.07 Å². The molecule has 0 bridgehead atoms. The van der Waals surface area contributed by atoms with Crippen LogP contribution in [0.4, 0.5) is 8.78 Å². The molecule has 2 rings (SSSR count). The zero-order valence-electron chi connectivity index (χ0n) is 10.5. The van der Waals surface area contributed by atoms with Gasteiger partial charge in [0, 0.05) is 29.2 Å². The molecule has 6 heteroatoms. The Kier molecular flexibility index (Phi) is 4.77. The van der Waals surface area contributed by atoms with Crippen molar-refractivity contribution in [3.05, 3.63) is 52.0 Å². The van der Waals surface area contributed by atoms with Crippen LogP contribution < -0.4 is 0 Å². The Balaban J connectivity index is 2.48. The minimum atomic E-state index is -0.744. The van der Waals surface area contributed by atoms with Crippen LogP contribution in [0.1, 0.15) is 28.7 Å². The zero-order chi connectivity index (χ0) is 14.5. The van der Waals surface area contributed by atoms with Crippen LogP contribution in [0.15, 0.2) is 29.9 Å². The molecule has 0 unspecified atom stereocenters. The van der Waals surface area contributed by atoms with E-state index in [1.54, 1.807) is 5.51 Å². The third-order valence-electron chi connectivity index (χ3n) is 3.11. The quantitative estimate of drug-likeness (QED) is 0.921. The van der Waals surface area contributed by atoms with E-state index in [-0.39, 0.29) is 18.6 Å². The van der Waals surface area contributed by atoms with Gasteiger partial charge >= 0.3 is 0 Å². The summed E-state index contributed by atoms with van der Waals surface area (Å²) in [5.41, 5.74) is 1.41. The fraction of sp³-hybridized carbons (Fsp3) is 0.286. The fourth-order valence-corrected chi connectivity index (χ4v) is 2.94. The molecule has 0 spiro atoms. The van der Waals surface area contributed by atoms with Crippen molar-refractivity contribution < 1.29 is 13.9 Å². The lowest BCUT2D eigenvalue weighted by molar-refractivity contribution is 0.269. The number of halogens is 2. The van der Waals surface area contributed by atoms with Crippen molar-refractivity contribution in [2.24, 2.45) is 0 Å². The molecule has 1 N–H and O–H groups in total. The molecular formula is C14H12F2N2OS. The molecule has 104 valence electrons. The van der Waals surface area contributed by atoms with Crippen molar-refractivity contribution in [1.82, 2.24) is 4.98 Å². The first-order chi connectivity index (χ1) is 9.69. The van der Waals surface area contributed by atoms with Gasteiger partial charge in [0.05, 0.1) is 17.5 Å². The molecule has 2 atom stereocenters. The highest BCUT2D eigenvalue weighted by Crippen LogP contribution is 2.38. The average molecular weight is 294 g/mol. The predicted molar refractivity (Wildman–Crippen MR) is 71.3 cm³/mol. The molecule has 0 saturated carbocycles. The van der Waals surface area contributed by atoms with E-state index in [9.17, 15) is 14.0 Å². The first-order valence-corrected chi connectivity index (χ1v) is 6.89. The number of aliphatic hydroxyl groups is 1. The van der Waals surface area contributed by atoms with Gasteiger partial charge in [0.2, 0.25) is 0 Å². The first kappa shape index (κ1) is 14.6. The van der Waals surface area contributed by atoms with E-state index < -0.39 is 23.5 Å². The maximum Gasteiger partial charge on any atom is 0.129 e. The SMILES string of the molecule is N#C[C@H](c1cncs1)[C@H](CCO)c1c(F)cccc1F. The highest BCUT2D eigenvalue weighted by atomic mass is 32.1. The summed E-state index contributed by atoms with van der Waals surface area (Å²) >= 11 is 1.26. The number of aromatic nitrogens is 1. The van der Waals surface area contributed by atoms with Crippen molar-refractivity contribution in [1.29, 1.82) is 5.26 Å². The summed E-state index contributed by atoms with van der Waals surface area (Å²) in [6, 6.07) is 5.66. The van der Waals surface area contributed by atoms with Crippen molar-refractivity contribution in [3.63, 3.8) is 0 Å². The molecule has 3 nitrogen and oxygen atoms in total. The zero-order valence-corrected chi connectivity index (χ0v) is 11.3. The van der Waals surface area contributed by atoms with Gasteiger partial charge in [-0.3, -0.25) is 4.98 Å². The van der Waals surface area contributed by atoms with Gasteiger partial charge in [0.25, 0.3) is 0 Å². The maximum absolute atomic E-state index is 13.9. The van der Waals surface area contributed by atoms with E-state index in [0.29, 0.717) is 4.88 Å². The van der Waals surface area contributed by atoms with Gasteiger partial charge < -0.3 is 5.11 Å². The Labute approximate surface area is 119 Å². The number of thiazole rings is 1. The monoisotopic (exact) mass is 294 g/mol. The Hall–Kier alpha value is -1.84. The van der Waals surface area contributed by atoms with Crippen LogP contribution in [-0.4, -0.2) is 16.7 Å². The number of aliphatic hydroxyl groups excluding tert-OH is 1. The summed E-state index contributed by atoms with van der Waals surface area (Å²) in [4.78, 5) is 4.52. The van der Waals surface area contributed by atoms with Crippen LogP contribution >= 0.6 is 11.3 Å². The van der Waals surface area contributed by atoms with E-state index in [2.05, 4.69) is 11.1 Å². The van der Waals surface area contributed by atoms with Gasteiger partial charge in [-0.05, 0) is 18.6 Å².